The predicted molar refractivity (Wildman–Crippen MR) is 230 cm³/mol. The molecule has 0 bridgehead atoms. The predicted octanol–water partition coefficient (Wildman–Crippen LogP) is 15.2. The molecule has 0 saturated heterocycles. The van der Waals surface area contributed by atoms with Gasteiger partial charge >= 0.3 is 0 Å². The molecule has 6 rings (SSSR count). The molecule has 0 fully saturated rings. The minimum atomic E-state index is -0.479. The maximum atomic E-state index is 7.70. The van der Waals surface area contributed by atoms with E-state index in [0.29, 0.717) is 32.9 Å². The topological polar surface area (TPSA) is 27.7 Å². The van der Waals surface area contributed by atoms with Gasteiger partial charge in [0.25, 0.3) is 0 Å². The third-order valence-corrected chi connectivity index (χ3v) is 12.5. The Hall–Kier alpha value is -3.96. The molecule has 7 heteroatoms. The molecule has 0 saturated carbocycles. The minimum absolute atomic E-state index is 0.316. The molecule has 0 N–H and O–H groups in total. The van der Waals surface area contributed by atoms with E-state index in [1.54, 1.807) is 0 Å². The molecule has 4 unspecified atom stereocenters. The van der Waals surface area contributed by atoms with Crippen molar-refractivity contribution in [2.24, 2.45) is 0 Å². The average Bonchev–Trinajstić information content (AvgIpc) is 3.20. The Morgan fingerprint density at radius 2 is 0.818 bits per heavy atom. The highest BCUT2D eigenvalue weighted by Crippen LogP contribution is 2.43. The summed E-state index contributed by atoms with van der Waals surface area (Å²) in [6.07, 6.45) is 2.13. The van der Waals surface area contributed by atoms with Crippen LogP contribution in [0, 0.1) is 0 Å². The minimum Gasteiger partial charge on any atom is -0.457 e. The van der Waals surface area contributed by atoms with Crippen molar-refractivity contribution in [2.75, 3.05) is 0 Å². The summed E-state index contributed by atoms with van der Waals surface area (Å²) in [6, 6.07) is 48.0. The molecule has 0 aliphatic heterocycles. The smallest absolute Gasteiger partial charge is 0.127 e. The lowest BCUT2D eigenvalue weighted by Crippen LogP contribution is -2.48. The summed E-state index contributed by atoms with van der Waals surface area (Å²) in [5.41, 5.74) is 3.32. The van der Waals surface area contributed by atoms with Gasteiger partial charge in [0.15, 0.2) is 0 Å². The second-order valence-electron chi connectivity index (χ2n) is 14.4. The number of rotatable bonds is 16. The Labute approximate surface area is 346 Å². The summed E-state index contributed by atoms with van der Waals surface area (Å²) < 4.78 is 20.3. The van der Waals surface area contributed by atoms with Gasteiger partial charge in [-0.25, -0.2) is 0 Å². The first-order valence-electron chi connectivity index (χ1n) is 18.7. The normalized spacial score (nSPS) is 14.7. The van der Waals surface area contributed by atoms with Crippen molar-refractivity contribution < 1.29 is 14.2 Å². The van der Waals surface area contributed by atoms with Crippen molar-refractivity contribution in [1.29, 1.82) is 0 Å². The summed E-state index contributed by atoms with van der Waals surface area (Å²) in [5.74, 6) is 3.08. The van der Waals surface area contributed by atoms with Crippen molar-refractivity contribution in [3.05, 3.63) is 188 Å². The molecule has 0 aliphatic rings. The largest absolute Gasteiger partial charge is 0.457 e. The van der Waals surface area contributed by atoms with E-state index in [9.17, 15) is 0 Å². The molecule has 4 atom stereocenters. The summed E-state index contributed by atoms with van der Waals surface area (Å²) in [7, 11) is 0. The number of benzene rings is 6. The van der Waals surface area contributed by atoms with E-state index in [-0.39, 0.29) is 12.2 Å². The van der Waals surface area contributed by atoms with Crippen LogP contribution in [-0.4, -0.2) is 12.2 Å². The lowest BCUT2D eigenvalue weighted by Gasteiger charge is -2.45. The van der Waals surface area contributed by atoms with Gasteiger partial charge in [0.05, 0.1) is 32.3 Å². The fourth-order valence-electron chi connectivity index (χ4n) is 7.13. The number of halogens is 4. The van der Waals surface area contributed by atoms with Crippen molar-refractivity contribution in [1.82, 2.24) is 0 Å². The van der Waals surface area contributed by atoms with Crippen LogP contribution in [0.25, 0.3) is 0 Å². The molecule has 284 valence electrons. The van der Waals surface area contributed by atoms with Crippen molar-refractivity contribution in [3.8, 4) is 23.0 Å². The van der Waals surface area contributed by atoms with Gasteiger partial charge in [-0.3, -0.25) is 0 Å². The standard InChI is InChI=1S/C48H46Cl4O3/c1-5-47(3,35-23-25-41(49)43(51)31-35)45(29-33-15-13-21-39(27-33)53-37-17-9-7-10-18-37)55-46(48(4,6-2)36-24-26-42(50)44(52)32-36)30-34-16-14-22-40(28-34)54-38-19-11-8-12-20-38/h7-28,31-32,45-46H,5-6,29-30H2,1-4H3. The van der Waals surface area contributed by atoms with Crippen LogP contribution in [0.5, 0.6) is 23.0 Å². The zero-order valence-corrected chi connectivity index (χ0v) is 34.6. The summed E-state index contributed by atoms with van der Waals surface area (Å²) >= 11 is 26.3. The number of hydrogen-bond donors (Lipinski definition) is 0. The quantitative estimate of drug-likeness (QED) is 0.0974. The molecule has 6 aromatic carbocycles. The average molecular weight is 813 g/mol. The van der Waals surface area contributed by atoms with Crippen LogP contribution < -0.4 is 9.47 Å². The van der Waals surface area contributed by atoms with Gasteiger partial charge in [-0.15, -0.1) is 0 Å². The Kier molecular flexibility index (Phi) is 13.6. The molecule has 0 aliphatic carbocycles. The molecule has 0 heterocycles. The van der Waals surface area contributed by atoms with E-state index < -0.39 is 10.8 Å². The van der Waals surface area contributed by atoms with E-state index in [1.807, 2.05) is 109 Å². The first-order chi connectivity index (χ1) is 26.5. The van der Waals surface area contributed by atoms with E-state index in [4.69, 9.17) is 60.6 Å². The maximum Gasteiger partial charge on any atom is 0.127 e. The second-order valence-corrected chi connectivity index (χ2v) is 16.1. The van der Waals surface area contributed by atoms with Crippen LogP contribution in [0.15, 0.2) is 146 Å². The maximum absolute atomic E-state index is 7.70. The van der Waals surface area contributed by atoms with Crippen LogP contribution in [0.3, 0.4) is 0 Å². The Balaban J connectivity index is 1.44. The number of ether oxygens (including phenoxy) is 3. The van der Waals surface area contributed by atoms with Gasteiger partial charge < -0.3 is 14.2 Å². The zero-order chi connectivity index (χ0) is 39.0. The van der Waals surface area contributed by atoms with Crippen LogP contribution in [0.4, 0.5) is 0 Å². The molecular weight excluding hydrogens is 766 g/mol. The van der Waals surface area contributed by atoms with Crippen LogP contribution in [0.1, 0.15) is 62.8 Å². The van der Waals surface area contributed by atoms with Gasteiger partial charge in [0.2, 0.25) is 0 Å². The van der Waals surface area contributed by atoms with Gasteiger partial charge in [-0.1, -0.05) is 147 Å². The molecule has 0 radical (unpaired) electrons. The highest BCUT2D eigenvalue weighted by Gasteiger charge is 2.43. The summed E-state index contributed by atoms with van der Waals surface area (Å²) in [6.45, 7) is 8.92. The first kappa shape index (κ1) is 40.7. The number of hydrogen-bond acceptors (Lipinski definition) is 3. The number of para-hydroxylation sites is 2. The SMILES string of the molecule is CCC(C)(c1ccc(Cl)c(Cl)c1)C(Cc1cccc(Oc2ccccc2)c1)OC(Cc1cccc(Oc2ccccc2)c1)C(C)(CC)c1ccc(Cl)c(Cl)c1. The Morgan fingerprint density at radius 1 is 0.436 bits per heavy atom. The van der Waals surface area contributed by atoms with Crippen molar-refractivity contribution in [2.45, 2.75) is 76.4 Å². The lowest BCUT2D eigenvalue weighted by molar-refractivity contribution is -0.0840. The molecular formula is C48H46Cl4O3. The molecule has 0 spiro atoms. The Morgan fingerprint density at radius 3 is 1.18 bits per heavy atom. The molecule has 0 aromatic heterocycles. The van der Waals surface area contributed by atoms with E-state index >= 15 is 0 Å². The highest BCUT2D eigenvalue weighted by molar-refractivity contribution is 6.42. The monoisotopic (exact) mass is 810 g/mol. The summed E-state index contributed by atoms with van der Waals surface area (Å²) in [4.78, 5) is 0. The van der Waals surface area contributed by atoms with E-state index in [2.05, 4.69) is 64.1 Å². The lowest BCUT2D eigenvalue weighted by atomic mass is 9.71. The fourth-order valence-corrected chi connectivity index (χ4v) is 7.73. The van der Waals surface area contributed by atoms with E-state index in [0.717, 1.165) is 58.1 Å². The molecule has 6 aromatic rings. The summed E-state index contributed by atoms with van der Waals surface area (Å²) in [5, 5.41) is 2.05. The van der Waals surface area contributed by atoms with Gasteiger partial charge in [-0.05, 0) is 121 Å². The van der Waals surface area contributed by atoms with Crippen LogP contribution >= 0.6 is 46.4 Å². The van der Waals surface area contributed by atoms with E-state index in [1.165, 1.54) is 0 Å². The molecule has 0 amide bonds. The van der Waals surface area contributed by atoms with Crippen molar-refractivity contribution >= 4 is 46.4 Å². The second kappa shape index (κ2) is 18.3. The zero-order valence-electron chi connectivity index (χ0n) is 31.6. The van der Waals surface area contributed by atoms with Gasteiger partial charge in [-0.2, -0.15) is 0 Å². The third-order valence-electron chi connectivity index (χ3n) is 11.0. The van der Waals surface area contributed by atoms with Gasteiger partial charge in [0.1, 0.15) is 23.0 Å². The molecule has 55 heavy (non-hydrogen) atoms. The molecule has 3 nitrogen and oxygen atoms in total. The van der Waals surface area contributed by atoms with Crippen LogP contribution in [-0.2, 0) is 28.4 Å². The highest BCUT2D eigenvalue weighted by atomic mass is 35.5. The van der Waals surface area contributed by atoms with Crippen molar-refractivity contribution in [3.63, 3.8) is 0 Å². The van der Waals surface area contributed by atoms with Crippen LogP contribution in [0.2, 0.25) is 20.1 Å². The Bertz CT molecular complexity index is 2020. The third kappa shape index (κ3) is 9.89. The first-order valence-corrected chi connectivity index (χ1v) is 20.2. The fraction of sp³-hybridized carbons (Fsp3) is 0.250. The van der Waals surface area contributed by atoms with Gasteiger partial charge in [0, 0.05) is 10.8 Å².